The van der Waals surface area contributed by atoms with Crippen LogP contribution in [0.1, 0.15) is 11.3 Å². The van der Waals surface area contributed by atoms with Gasteiger partial charge >= 0.3 is 6.18 Å². The van der Waals surface area contributed by atoms with Crippen molar-refractivity contribution in [1.29, 1.82) is 0 Å². The number of rotatable bonds is 5. The van der Waals surface area contributed by atoms with Crippen molar-refractivity contribution in [1.82, 2.24) is 9.97 Å². The number of thiophene rings is 1. The second-order valence-corrected chi connectivity index (χ2v) is 4.80. The molecule has 0 amide bonds. The topological polar surface area (TPSA) is 49.8 Å². The fourth-order valence-electron chi connectivity index (χ4n) is 1.56. The first-order valence-electron chi connectivity index (χ1n) is 5.88. The summed E-state index contributed by atoms with van der Waals surface area (Å²) in [6.45, 7) is 0.508. The minimum Gasteiger partial charge on any atom is -0.370 e. The van der Waals surface area contributed by atoms with Crippen molar-refractivity contribution in [2.75, 3.05) is 24.2 Å². The smallest absolute Gasteiger partial charge is 0.370 e. The molecule has 2 aromatic rings. The highest BCUT2D eigenvalue weighted by Gasteiger charge is 2.33. The van der Waals surface area contributed by atoms with Crippen LogP contribution in [0.4, 0.5) is 24.9 Å². The Morgan fingerprint density at radius 3 is 2.70 bits per heavy atom. The molecule has 0 bridgehead atoms. The van der Waals surface area contributed by atoms with E-state index in [-0.39, 0.29) is 11.8 Å². The molecule has 0 aliphatic heterocycles. The van der Waals surface area contributed by atoms with Gasteiger partial charge in [0.05, 0.1) is 0 Å². The van der Waals surface area contributed by atoms with E-state index in [1.54, 1.807) is 11.3 Å². The van der Waals surface area contributed by atoms with Gasteiger partial charge in [-0.3, -0.25) is 0 Å². The lowest BCUT2D eigenvalue weighted by atomic mass is 10.2. The zero-order valence-electron chi connectivity index (χ0n) is 10.7. The quantitative estimate of drug-likeness (QED) is 0.890. The minimum absolute atomic E-state index is 0.0575. The van der Waals surface area contributed by atoms with E-state index in [0.29, 0.717) is 6.54 Å². The SMILES string of the molecule is CNc1nc(NCCc2ccsc2)cc(C(F)(F)F)n1. The Kier molecular flexibility index (Phi) is 4.43. The number of halogens is 3. The second kappa shape index (κ2) is 6.08. The van der Waals surface area contributed by atoms with Gasteiger partial charge in [0.2, 0.25) is 5.95 Å². The first-order valence-corrected chi connectivity index (χ1v) is 6.82. The summed E-state index contributed by atoms with van der Waals surface area (Å²) in [4.78, 5) is 7.35. The second-order valence-electron chi connectivity index (χ2n) is 4.02. The average Bonchev–Trinajstić information content (AvgIpc) is 2.90. The van der Waals surface area contributed by atoms with Gasteiger partial charge in [0.15, 0.2) is 5.69 Å². The lowest BCUT2D eigenvalue weighted by Gasteiger charge is -2.11. The van der Waals surface area contributed by atoms with Gasteiger partial charge < -0.3 is 10.6 Å². The Morgan fingerprint density at radius 2 is 2.10 bits per heavy atom. The maximum absolute atomic E-state index is 12.7. The van der Waals surface area contributed by atoms with E-state index in [1.165, 1.54) is 7.05 Å². The third-order valence-electron chi connectivity index (χ3n) is 2.54. The summed E-state index contributed by atoms with van der Waals surface area (Å²) in [6, 6.07) is 2.89. The highest BCUT2D eigenvalue weighted by Crippen LogP contribution is 2.29. The average molecular weight is 302 g/mol. The number of anilines is 2. The molecule has 20 heavy (non-hydrogen) atoms. The van der Waals surface area contributed by atoms with Crippen molar-refractivity contribution < 1.29 is 13.2 Å². The molecular weight excluding hydrogens is 289 g/mol. The molecule has 0 unspecified atom stereocenters. The molecule has 2 heterocycles. The molecule has 0 saturated carbocycles. The molecule has 0 aliphatic rings. The highest BCUT2D eigenvalue weighted by molar-refractivity contribution is 7.07. The first kappa shape index (κ1) is 14.6. The van der Waals surface area contributed by atoms with E-state index >= 15 is 0 Å². The van der Waals surface area contributed by atoms with E-state index < -0.39 is 11.9 Å². The van der Waals surface area contributed by atoms with Crippen LogP contribution >= 0.6 is 11.3 Å². The van der Waals surface area contributed by atoms with Crippen LogP contribution in [-0.4, -0.2) is 23.6 Å². The van der Waals surface area contributed by atoms with Crippen molar-refractivity contribution in [2.24, 2.45) is 0 Å². The molecule has 0 atom stereocenters. The normalized spacial score (nSPS) is 11.4. The van der Waals surface area contributed by atoms with Crippen LogP contribution in [0.25, 0.3) is 0 Å². The summed E-state index contributed by atoms with van der Waals surface area (Å²) < 4.78 is 38.1. The molecule has 4 nitrogen and oxygen atoms in total. The van der Waals surface area contributed by atoms with E-state index in [9.17, 15) is 13.2 Å². The standard InChI is InChI=1S/C12H13F3N4S/c1-16-11-18-9(12(13,14)15)6-10(19-11)17-4-2-8-3-5-20-7-8/h3,5-7H,2,4H2,1H3,(H2,16,17,18,19). The summed E-state index contributed by atoms with van der Waals surface area (Å²) in [5, 5.41) is 9.37. The molecule has 2 aromatic heterocycles. The van der Waals surface area contributed by atoms with E-state index in [1.807, 2.05) is 16.8 Å². The van der Waals surface area contributed by atoms with Crippen molar-refractivity contribution in [2.45, 2.75) is 12.6 Å². The number of aromatic nitrogens is 2. The predicted molar refractivity (Wildman–Crippen MR) is 73.1 cm³/mol. The number of hydrogen-bond acceptors (Lipinski definition) is 5. The molecule has 0 radical (unpaired) electrons. The molecule has 2 rings (SSSR count). The minimum atomic E-state index is -4.49. The molecule has 0 spiro atoms. The summed E-state index contributed by atoms with van der Waals surface area (Å²) in [5.74, 6) is 0.102. The molecule has 2 N–H and O–H groups in total. The van der Waals surface area contributed by atoms with Crippen molar-refractivity contribution in [3.63, 3.8) is 0 Å². The summed E-state index contributed by atoms with van der Waals surface area (Å²) in [7, 11) is 1.48. The summed E-state index contributed by atoms with van der Waals surface area (Å²) in [6.07, 6.45) is -3.76. The fourth-order valence-corrected chi connectivity index (χ4v) is 2.27. The molecule has 0 aliphatic carbocycles. The molecule has 0 aromatic carbocycles. The van der Waals surface area contributed by atoms with E-state index in [0.717, 1.165) is 18.1 Å². The predicted octanol–water partition coefficient (Wildman–Crippen LogP) is 3.25. The molecular formula is C12H13F3N4S. The van der Waals surface area contributed by atoms with Crippen LogP contribution in [0.2, 0.25) is 0 Å². The largest absolute Gasteiger partial charge is 0.433 e. The number of hydrogen-bond donors (Lipinski definition) is 2. The third kappa shape index (κ3) is 3.83. The van der Waals surface area contributed by atoms with E-state index in [4.69, 9.17) is 0 Å². The van der Waals surface area contributed by atoms with Crippen LogP contribution in [0.3, 0.4) is 0 Å². The van der Waals surface area contributed by atoms with Gasteiger partial charge in [-0.15, -0.1) is 0 Å². The Balaban J connectivity index is 2.06. The summed E-state index contributed by atoms with van der Waals surface area (Å²) in [5.41, 5.74) is 0.177. The monoisotopic (exact) mass is 302 g/mol. The van der Waals surface area contributed by atoms with Crippen LogP contribution < -0.4 is 10.6 Å². The van der Waals surface area contributed by atoms with Gasteiger partial charge in [-0.2, -0.15) is 29.5 Å². The van der Waals surface area contributed by atoms with Crippen molar-refractivity contribution in [3.8, 4) is 0 Å². The lowest BCUT2D eigenvalue weighted by Crippen LogP contribution is -2.14. The Labute approximate surface area is 118 Å². The highest BCUT2D eigenvalue weighted by atomic mass is 32.1. The van der Waals surface area contributed by atoms with Crippen LogP contribution in [-0.2, 0) is 12.6 Å². The Hall–Kier alpha value is -1.83. The van der Waals surface area contributed by atoms with Gasteiger partial charge in [0, 0.05) is 19.7 Å². The fraction of sp³-hybridized carbons (Fsp3) is 0.333. The van der Waals surface area contributed by atoms with Crippen molar-refractivity contribution >= 4 is 23.1 Å². The molecule has 108 valence electrons. The van der Waals surface area contributed by atoms with Gasteiger partial charge in [-0.1, -0.05) is 0 Å². The van der Waals surface area contributed by atoms with Crippen molar-refractivity contribution in [3.05, 3.63) is 34.2 Å². The van der Waals surface area contributed by atoms with Gasteiger partial charge in [0.25, 0.3) is 0 Å². The van der Waals surface area contributed by atoms with Gasteiger partial charge in [-0.25, -0.2) is 4.98 Å². The van der Waals surface area contributed by atoms with Gasteiger partial charge in [-0.05, 0) is 28.8 Å². The number of nitrogens with one attached hydrogen (secondary N) is 2. The Bertz CT molecular complexity index is 554. The number of nitrogens with zero attached hydrogens (tertiary/aromatic N) is 2. The van der Waals surface area contributed by atoms with E-state index in [2.05, 4.69) is 20.6 Å². The molecule has 8 heteroatoms. The zero-order valence-corrected chi connectivity index (χ0v) is 11.5. The van der Waals surface area contributed by atoms with Crippen LogP contribution in [0.15, 0.2) is 22.9 Å². The van der Waals surface area contributed by atoms with Gasteiger partial charge in [0.1, 0.15) is 5.82 Å². The van der Waals surface area contributed by atoms with Crippen LogP contribution in [0.5, 0.6) is 0 Å². The third-order valence-corrected chi connectivity index (χ3v) is 3.27. The first-order chi connectivity index (χ1) is 9.49. The number of alkyl halides is 3. The zero-order chi connectivity index (χ0) is 14.6. The Morgan fingerprint density at radius 1 is 1.30 bits per heavy atom. The molecule has 0 fully saturated rings. The van der Waals surface area contributed by atoms with Crippen LogP contribution in [0, 0.1) is 0 Å². The maximum atomic E-state index is 12.7. The lowest BCUT2D eigenvalue weighted by molar-refractivity contribution is -0.141. The summed E-state index contributed by atoms with van der Waals surface area (Å²) >= 11 is 1.59. The maximum Gasteiger partial charge on any atom is 0.433 e. The molecule has 0 saturated heterocycles.